The molecule has 0 saturated carbocycles. The minimum absolute atomic E-state index is 0.160. The highest BCUT2D eigenvalue weighted by atomic mass is 32.1. The lowest BCUT2D eigenvalue weighted by molar-refractivity contribution is -0.561. The molecule has 0 aliphatic carbocycles. The average molecular weight is 446 g/mol. The first kappa shape index (κ1) is 21.8. The van der Waals surface area contributed by atoms with Crippen LogP contribution in [0.4, 0.5) is 5.69 Å². The third-order valence-corrected chi connectivity index (χ3v) is 6.57. The van der Waals surface area contributed by atoms with E-state index in [2.05, 4.69) is 110 Å². The Bertz CT molecular complexity index is 1110. The topological polar surface area (TPSA) is 6.25 Å². The van der Waals surface area contributed by atoms with Crippen LogP contribution in [0.1, 0.15) is 46.8 Å². The molecule has 2 nitrogen and oxygen atoms in total. The van der Waals surface area contributed by atoms with Crippen molar-refractivity contribution in [1.82, 2.24) is 0 Å². The molecule has 158 valence electrons. The molecule has 1 aliphatic rings. The third-order valence-electron chi connectivity index (χ3n) is 6.18. The number of thiocarbonyl (C=S) groups is 1. The lowest BCUT2D eigenvalue weighted by Crippen LogP contribution is -2.36. The molecule has 0 saturated heterocycles. The van der Waals surface area contributed by atoms with Crippen LogP contribution in [0, 0.1) is 20.8 Å². The Morgan fingerprint density at radius 3 is 2.06 bits per heavy atom. The molecule has 3 aromatic rings. The molecule has 2 atom stereocenters. The van der Waals surface area contributed by atoms with Crippen molar-refractivity contribution < 1.29 is 4.58 Å². The summed E-state index contributed by atoms with van der Waals surface area (Å²) in [4.78, 5) is 2.42. The van der Waals surface area contributed by atoms with Crippen molar-refractivity contribution in [3.05, 3.63) is 101 Å². The summed E-state index contributed by atoms with van der Waals surface area (Å²) >= 11 is 10.5. The molecule has 0 bridgehead atoms. The van der Waals surface area contributed by atoms with Crippen molar-refractivity contribution in [3.63, 3.8) is 0 Å². The van der Waals surface area contributed by atoms with Gasteiger partial charge in [-0.05, 0) is 44.4 Å². The minimum Gasteiger partial charge on any atom is -0.249 e. The van der Waals surface area contributed by atoms with Crippen LogP contribution < -0.4 is 4.90 Å². The lowest BCUT2D eigenvalue weighted by atomic mass is 10.00. The summed E-state index contributed by atoms with van der Waals surface area (Å²) in [5.74, 6) is 1.01. The lowest BCUT2D eigenvalue weighted by Gasteiger charge is -2.24. The Labute approximate surface area is 196 Å². The van der Waals surface area contributed by atoms with Crippen LogP contribution in [-0.4, -0.2) is 21.2 Å². The van der Waals surface area contributed by atoms with Crippen LogP contribution in [-0.2, 0) is 0 Å². The first-order valence-corrected chi connectivity index (χ1v) is 11.6. The Morgan fingerprint density at radius 2 is 1.52 bits per heavy atom. The quantitative estimate of drug-likeness (QED) is 0.268. The number of amidine groups is 1. The molecular formula is C27H29N2S2+. The second-order valence-electron chi connectivity index (χ2n) is 8.41. The van der Waals surface area contributed by atoms with E-state index in [-0.39, 0.29) is 12.1 Å². The number of hydrogen-bond donors (Lipinski definition) is 1. The van der Waals surface area contributed by atoms with E-state index in [0.717, 1.165) is 12.4 Å². The zero-order valence-corrected chi connectivity index (χ0v) is 20.3. The number of thiol groups is 1. The number of anilines is 1. The average Bonchev–Trinajstić information content (AvgIpc) is 3.14. The Hall–Kier alpha value is -2.43. The van der Waals surface area contributed by atoms with Gasteiger partial charge in [-0.2, -0.15) is 0 Å². The largest absolute Gasteiger partial charge is 0.303 e. The second kappa shape index (κ2) is 8.97. The van der Waals surface area contributed by atoms with Gasteiger partial charge >= 0.3 is 5.84 Å². The number of hydrogen-bond acceptors (Lipinski definition) is 2. The molecule has 0 fully saturated rings. The predicted octanol–water partition coefficient (Wildman–Crippen LogP) is 6.60. The number of rotatable bonds is 5. The molecule has 0 aromatic heterocycles. The highest BCUT2D eigenvalue weighted by molar-refractivity contribution is 8.13. The van der Waals surface area contributed by atoms with Crippen LogP contribution in [0.2, 0.25) is 0 Å². The molecular weight excluding hydrogens is 416 g/mol. The van der Waals surface area contributed by atoms with Crippen LogP contribution in [0.15, 0.2) is 72.8 Å². The van der Waals surface area contributed by atoms with E-state index in [9.17, 15) is 0 Å². The van der Waals surface area contributed by atoms with Crippen LogP contribution in [0.5, 0.6) is 0 Å². The van der Waals surface area contributed by atoms with E-state index in [4.69, 9.17) is 24.8 Å². The van der Waals surface area contributed by atoms with Gasteiger partial charge in [0.1, 0.15) is 18.3 Å². The van der Waals surface area contributed by atoms with Crippen molar-refractivity contribution in [2.24, 2.45) is 0 Å². The number of benzene rings is 3. The van der Waals surface area contributed by atoms with Crippen molar-refractivity contribution in [3.8, 4) is 0 Å². The van der Waals surface area contributed by atoms with Gasteiger partial charge in [0, 0.05) is 5.56 Å². The highest BCUT2D eigenvalue weighted by Crippen LogP contribution is 2.39. The van der Waals surface area contributed by atoms with Crippen molar-refractivity contribution in [2.75, 3.05) is 11.4 Å². The van der Waals surface area contributed by atoms with Gasteiger partial charge in [0.25, 0.3) is 0 Å². The summed E-state index contributed by atoms with van der Waals surface area (Å²) in [6.45, 7) is 9.64. The van der Waals surface area contributed by atoms with Gasteiger partial charge < -0.3 is 0 Å². The summed E-state index contributed by atoms with van der Waals surface area (Å²) in [6, 6.07) is 26.2. The maximum atomic E-state index is 5.74. The zero-order chi connectivity index (χ0) is 22.1. The van der Waals surface area contributed by atoms with E-state index < -0.39 is 0 Å². The van der Waals surface area contributed by atoms with E-state index in [0.29, 0.717) is 4.20 Å². The van der Waals surface area contributed by atoms with Crippen molar-refractivity contribution in [2.45, 2.75) is 39.8 Å². The Kier molecular flexibility index (Phi) is 6.31. The molecule has 1 aliphatic heterocycles. The fraction of sp³-hybridized carbons (Fsp3) is 0.259. The maximum absolute atomic E-state index is 5.74. The highest BCUT2D eigenvalue weighted by Gasteiger charge is 2.46. The molecule has 0 N–H and O–H groups in total. The molecule has 4 heteroatoms. The fourth-order valence-electron chi connectivity index (χ4n) is 4.86. The summed E-state index contributed by atoms with van der Waals surface area (Å²) < 4.78 is 3.04. The SMILES string of the molecule is Cc1cc(C)c(N2C(C(=S)S)=[N+]([C@@H](C)c3ccccc3)C[C@H]2c2ccccc2)c(C)c1. The predicted molar refractivity (Wildman–Crippen MR) is 139 cm³/mol. The van der Waals surface area contributed by atoms with Gasteiger partial charge in [-0.3, -0.25) is 0 Å². The first-order chi connectivity index (χ1) is 14.9. The smallest absolute Gasteiger partial charge is 0.249 e. The molecule has 1 heterocycles. The van der Waals surface area contributed by atoms with Crippen LogP contribution in [0.25, 0.3) is 0 Å². The van der Waals surface area contributed by atoms with E-state index in [1.807, 2.05) is 0 Å². The number of nitrogens with zero attached hydrogens (tertiary/aromatic N) is 2. The molecule has 0 spiro atoms. The van der Waals surface area contributed by atoms with E-state index in [1.165, 1.54) is 33.5 Å². The van der Waals surface area contributed by atoms with Crippen LogP contribution >= 0.6 is 24.8 Å². The van der Waals surface area contributed by atoms with Gasteiger partial charge in [0.15, 0.2) is 10.2 Å². The summed E-state index contributed by atoms with van der Waals surface area (Å²) in [5.41, 5.74) is 7.58. The molecule has 0 unspecified atom stereocenters. The molecule has 0 amide bonds. The van der Waals surface area contributed by atoms with Crippen LogP contribution in [0.3, 0.4) is 0 Å². The van der Waals surface area contributed by atoms with Crippen molar-refractivity contribution in [1.29, 1.82) is 0 Å². The third kappa shape index (κ3) is 4.19. The van der Waals surface area contributed by atoms with Crippen molar-refractivity contribution >= 4 is 40.6 Å². The van der Waals surface area contributed by atoms with E-state index in [1.54, 1.807) is 0 Å². The molecule has 4 rings (SSSR count). The van der Waals surface area contributed by atoms with Gasteiger partial charge in [-0.15, -0.1) is 12.6 Å². The molecule has 3 aromatic carbocycles. The van der Waals surface area contributed by atoms with Gasteiger partial charge in [-0.25, -0.2) is 9.48 Å². The second-order valence-corrected chi connectivity index (χ2v) is 9.57. The Balaban J connectivity index is 1.94. The summed E-state index contributed by atoms with van der Waals surface area (Å²) in [6.07, 6.45) is 0. The minimum atomic E-state index is 0.160. The standard InChI is InChI=1S/C27H28N2S2/c1-18-15-19(2)25(20(3)16-18)29-24(23-13-9-6-10-14-23)17-28(26(29)27(30)31)21(4)22-11-7-5-8-12-22/h5-16,21,24H,17H2,1-4H3/p+1/t21-,24-/m0/s1. The molecule has 0 radical (unpaired) electrons. The fourth-order valence-corrected chi connectivity index (χ4v) is 5.31. The normalized spacial score (nSPS) is 17.2. The summed E-state index contributed by atoms with van der Waals surface area (Å²) in [5, 5.41) is 0. The number of aryl methyl sites for hydroxylation is 3. The Morgan fingerprint density at radius 1 is 0.968 bits per heavy atom. The van der Waals surface area contributed by atoms with E-state index >= 15 is 0 Å². The van der Waals surface area contributed by atoms with Gasteiger partial charge in [0.05, 0.1) is 0 Å². The molecule has 31 heavy (non-hydrogen) atoms. The van der Waals surface area contributed by atoms with Gasteiger partial charge in [-0.1, -0.05) is 90.6 Å². The monoisotopic (exact) mass is 445 g/mol. The summed E-state index contributed by atoms with van der Waals surface area (Å²) in [7, 11) is 0. The van der Waals surface area contributed by atoms with Gasteiger partial charge in [0.2, 0.25) is 0 Å². The first-order valence-electron chi connectivity index (χ1n) is 10.7. The maximum Gasteiger partial charge on any atom is 0.303 e. The zero-order valence-electron chi connectivity index (χ0n) is 18.5.